The SMILES string of the molecule is NCc1ccccc1CN1CCCC1=O. The second-order valence-corrected chi connectivity index (χ2v) is 3.89. The van der Waals surface area contributed by atoms with Gasteiger partial charge < -0.3 is 10.6 Å². The Balaban J connectivity index is 2.12. The van der Waals surface area contributed by atoms with Gasteiger partial charge in [0.1, 0.15) is 0 Å². The van der Waals surface area contributed by atoms with Crippen LogP contribution in [-0.2, 0) is 17.9 Å². The third kappa shape index (κ3) is 2.18. The van der Waals surface area contributed by atoms with Gasteiger partial charge in [0.2, 0.25) is 5.91 Å². The van der Waals surface area contributed by atoms with E-state index >= 15 is 0 Å². The number of likely N-dealkylation sites (tertiary alicyclic amines) is 1. The Morgan fingerprint density at radius 3 is 2.60 bits per heavy atom. The van der Waals surface area contributed by atoms with Gasteiger partial charge in [-0.1, -0.05) is 24.3 Å². The summed E-state index contributed by atoms with van der Waals surface area (Å²) in [6, 6.07) is 8.05. The van der Waals surface area contributed by atoms with Crippen LogP contribution in [0, 0.1) is 0 Å². The molecule has 0 bridgehead atoms. The van der Waals surface area contributed by atoms with Crippen LogP contribution in [0.5, 0.6) is 0 Å². The van der Waals surface area contributed by atoms with Crippen molar-refractivity contribution < 1.29 is 4.79 Å². The third-order valence-electron chi connectivity index (χ3n) is 2.87. The van der Waals surface area contributed by atoms with Gasteiger partial charge >= 0.3 is 0 Å². The molecule has 15 heavy (non-hydrogen) atoms. The average molecular weight is 204 g/mol. The Kier molecular flexibility index (Phi) is 3.02. The Morgan fingerprint density at radius 2 is 2.00 bits per heavy atom. The summed E-state index contributed by atoms with van der Waals surface area (Å²) in [6.45, 7) is 2.14. The van der Waals surface area contributed by atoms with E-state index in [2.05, 4.69) is 0 Å². The second kappa shape index (κ2) is 4.45. The van der Waals surface area contributed by atoms with Crippen LogP contribution in [0.4, 0.5) is 0 Å². The van der Waals surface area contributed by atoms with E-state index in [-0.39, 0.29) is 5.91 Å². The van der Waals surface area contributed by atoms with Gasteiger partial charge in [-0.3, -0.25) is 4.79 Å². The quantitative estimate of drug-likeness (QED) is 0.806. The highest BCUT2D eigenvalue weighted by Crippen LogP contribution is 2.16. The van der Waals surface area contributed by atoms with Crippen LogP contribution in [0.1, 0.15) is 24.0 Å². The highest BCUT2D eigenvalue weighted by molar-refractivity contribution is 5.78. The van der Waals surface area contributed by atoms with Gasteiger partial charge in [0.15, 0.2) is 0 Å². The van der Waals surface area contributed by atoms with Crippen LogP contribution in [-0.4, -0.2) is 17.4 Å². The molecule has 1 amide bonds. The van der Waals surface area contributed by atoms with Crippen molar-refractivity contribution in [1.29, 1.82) is 0 Å². The number of hydrogen-bond acceptors (Lipinski definition) is 2. The predicted octanol–water partition coefficient (Wildman–Crippen LogP) is 1.27. The summed E-state index contributed by atoms with van der Waals surface area (Å²) in [5, 5.41) is 0. The van der Waals surface area contributed by atoms with E-state index in [1.807, 2.05) is 29.2 Å². The van der Waals surface area contributed by atoms with E-state index in [1.54, 1.807) is 0 Å². The number of amides is 1. The van der Waals surface area contributed by atoms with Crippen molar-refractivity contribution in [2.75, 3.05) is 6.54 Å². The normalized spacial score (nSPS) is 16.1. The van der Waals surface area contributed by atoms with E-state index in [9.17, 15) is 4.79 Å². The van der Waals surface area contributed by atoms with Gasteiger partial charge in [0.25, 0.3) is 0 Å². The van der Waals surface area contributed by atoms with Crippen LogP contribution in [0.25, 0.3) is 0 Å². The van der Waals surface area contributed by atoms with Crippen LogP contribution >= 0.6 is 0 Å². The molecule has 1 aromatic rings. The number of nitrogens with zero attached hydrogens (tertiary/aromatic N) is 1. The van der Waals surface area contributed by atoms with E-state index in [0.717, 1.165) is 18.5 Å². The van der Waals surface area contributed by atoms with Crippen molar-refractivity contribution in [3.8, 4) is 0 Å². The fraction of sp³-hybridized carbons (Fsp3) is 0.417. The minimum atomic E-state index is 0.266. The number of carbonyl (C=O) groups excluding carboxylic acids is 1. The summed E-state index contributed by atoms with van der Waals surface area (Å²) in [5.74, 6) is 0.266. The molecule has 1 heterocycles. The molecule has 3 nitrogen and oxygen atoms in total. The summed E-state index contributed by atoms with van der Waals surface area (Å²) in [4.78, 5) is 13.4. The van der Waals surface area contributed by atoms with Crippen molar-refractivity contribution in [2.45, 2.75) is 25.9 Å². The standard InChI is InChI=1S/C12H16N2O/c13-8-10-4-1-2-5-11(10)9-14-7-3-6-12(14)15/h1-2,4-5H,3,6-9,13H2. The molecule has 0 atom stereocenters. The molecule has 80 valence electrons. The van der Waals surface area contributed by atoms with Gasteiger partial charge in [0, 0.05) is 26.1 Å². The zero-order valence-corrected chi connectivity index (χ0v) is 8.78. The maximum atomic E-state index is 11.5. The lowest BCUT2D eigenvalue weighted by Crippen LogP contribution is -2.24. The molecule has 0 radical (unpaired) electrons. The first-order valence-corrected chi connectivity index (χ1v) is 5.36. The van der Waals surface area contributed by atoms with E-state index in [4.69, 9.17) is 5.73 Å². The molecule has 0 unspecified atom stereocenters. The van der Waals surface area contributed by atoms with Crippen LogP contribution < -0.4 is 5.73 Å². The molecule has 1 saturated heterocycles. The van der Waals surface area contributed by atoms with Crippen molar-refractivity contribution in [3.05, 3.63) is 35.4 Å². The van der Waals surface area contributed by atoms with E-state index in [1.165, 1.54) is 5.56 Å². The molecule has 2 rings (SSSR count). The van der Waals surface area contributed by atoms with Gasteiger partial charge in [0.05, 0.1) is 0 Å². The number of rotatable bonds is 3. The van der Waals surface area contributed by atoms with Crippen LogP contribution in [0.3, 0.4) is 0 Å². The van der Waals surface area contributed by atoms with Crippen molar-refractivity contribution in [2.24, 2.45) is 5.73 Å². The molecular formula is C12H16N2O. The molecule has 1 aliphatic rings. The Hall–Kier alpha value is -1.35. The molecule has 0 saturated carbocycles. The Morgan fingerprint density at radius 1 is 1.27 bits per heavy atom. The molecule has 0 aromatic heterocycles. The fourth-order valence-electron chi connectivity index (χ4n) is 1.99. The van der Waals surface area contributed by atoms with Crippen LogP contribution in [0.2, 0.25) is 0 Å². The molecule has 1 aliphatic heterocycles. The second-order valence-electron chi connectivity index (χ2n) is 3.89. The molecule has 1 aromatic carbocycles. The minimum absolute atomic E-state index is 0.266. The number of carbonyl (C=O) groups is 1. The van der Waals surface area contributed by atoms with E-state index in [0.29, 0.717) is 19.5 Å². The van der Waals surface area contributed by atoms with Gasteiger partial charge in [-0.15, -0.1) is 0 Å². The summed E-state index contributed by atoms with van der Waals surface area (Å²) < 4.78 is 0. The zero-order valence-electron chi connectivity index (χ0n) is 8.78. The first-order chi connectivity index (χ1) is 7.31. The fourth-order valence-corrected chi connectivity index (χ4v) is 1.99. The molecular weight excluding hydrogens is 188 g/mol. The lowest BCUT2D eigenvalue weighted by Gasteiger charge is -2.17. The topological polar surface area (TPSA) is 46.3 Å². The summed E-state index contributed by atoms with van der Waals surface area (Å²) in [5.41, 5.74) is 7.97. The summed E-state index contributed by atoms with van der Waals surface area (Å²) in [6.07, 6.45) is 1.69. The first-order valence-electron chi connectivity index (χ1n) is 5.36. The predicted molar refractivity (Wildman–Crippen MR) is 59.0 cm³/mol. The van der Waals surface area contributed by atoms with Crippen molar-refractivity contribution in [1.82, 2.24) is 4.90 Å². The lowest BCUT2D eigenvalue weighted by atomic mass is 10.1. The summed E-state index contributed by atoms with van der Waals surface area (Å²) in [7, 11) is 0. The Labute approximate surface area is 89.9 Å². The molecule has 3 heteroatoms. The minimum Gasteiger partial charge on any atom is -0.338 e. The zero-order chi connectivity index (χ0) is 10.7. The molecule has 1 fully saturated rings. The van der Waals surface area contributed by atoms with Gasteiger partial charge in [-0.25, -0.2) is 0 Å². The smallest absolute Gasteiger partial charge is 0.222 e. The van der Waals surface area contributed by atoms with Crippen molar-refractivity contribution >= 4 is 5.91 Å². The maximum absolute atomic E-state index is 11.5. The van der Waals surface area contributed by atoms with Crippen LogP contribution in [0.15, 0.2) is 24.3 Å². The molecule has 0 aliphatic carbocycles. The monoisotopic (exact) mass is 204 g/mol. The third-order valence-corrected chi connectivity index (χ3v) is 2.87. The Bertz CT molecular complexity index is 362. The van der Waals surface area contributed by atoms with Gasteiger partial charge in [-0.05, 0) is 17.5 Å². The van der Waals surface area contributed by atoms with E-state index < -0.39 is 0 Å². The summed E-state index contributed by atoms with van der Waals surface area (Å²) >= 11 is 0. The lowest BCUT2D eigenvalue weighted by molar-refractivity contribution is -0.128. The van der Waals surface area contributed by atoms with Gasteiger partial charge in [-0.2, -0.15) is 0 Å². The molecule has 2 N–H and O–H groups in total. The highest BCUT2D eigenvalue weighted by Gasteiger charge is 2.20. The van der Waals surface area contributed by atoms with Crippen molar-refractivity contribution in [3.63, 3.8) is 0 Å². The largest absolute Gasteiger partial charge is 0.338 e. The maximum Gasteiger partial charge on any atom is 0.222 e. The number of benzene rings is 1. The number of nitrogens with two attached hydrogens (primary N) is 1. The molecule has 0 spiro atoms. The number of hydrogen-bond donors (Lipinski definition) is 1. The average Bonchev–Trinajstić information content (AvgIpc) is 2.65. The highest BCUT2D eigenvalue weighted by atomic mass is 16.2. The first kappa shape index (κ1) is 10.2.